The lowest BCUT2D eigenvalue weighted by Gasteiger charge is -2.40. The molecule has 22 heavy (non-hydrogen) atoms. The lowest BCUT2D eigenvalue weighted by Crippen LogP contribution is -2.53. The molecule has 2 aliphatic rings. The first-order valence-electron chi connectivity index (χ1n) is 8.30. The van der Waals surface area contributed by atoms with Gasteiger partial charge in [0.1, 0.15) is 0 Å². The van der Waals surface area contributed by atoms with Gasteiger partial charge in [0.25, 0.3) is 0 Å². The minimum atomic E-state index is 0.102. The van der Waals surface area contributed by atoms with Crippen molar-refractivity contribution in [3.63, 3.8) is 0 Å². The van der Waals surface area contributed by atoms with E-state index < -0.39 is 0 Å². The maximum atomic E-state index is 12.2. The maximum absolute atomic E-state index is 12.2. The predicted octanol–water partition coefficient (Wildman–Crippen LogP) is 2.10. The molecule has 120 valence electrons. The second kappa shape index (κ2) is 6.65. The van der Waals surface area contributed by atoms with E-state index in [0.717, 1.165) is 45.0 Å². The second-order valence-electron chi connectivity index (χ2n) is 6.91. The number of pyridine rings is 1. The molecule has 1 aliphatic heterocycles. The van der Waals surface area contributed by atoms with Crippen molar-refractivity contribution >= 4 is 6.03 Å². The predicted molar refractivity (Wildman–Crippen MR) is 86.4 cm³/mol. The van der Waals surface area contributed by atoms with E-state index in [1.807, 2.05) is 23.2 Å². The van der Waals surface area contributed by atoms with Gasteiger partial charge in [-0.1, -0.05) is 19.4 Å². The van der Waals surface area contributed by atoms with Gasteiger partial charge in [0.05, 0.1) is 5.69 Å². The van der Waals surface area contributed by atoms with Crippen LogP contribution in [0.3, 0.4) is 0 Å². The summed E-state index contributed by atoms with van der Waals surface area (Å²) in [4.78, 5) is 20.9. The largest absolute Gasteiger partial charge is 0.337 e. The van der Waals surface area contributed by atoms with Crippen molar-refractivity contribution in [3.05, 3.63) is 30.1 Å². The average molecular weight is 302 g/mol. The first kappa shape index (κ1) is 15.3. The van der Waals surface area contributed by atoms with Crippen molar-refractivity contribution in [2.75, 3.05) is 32.7 Å². The second-order valence-corrected chi connectivity index (χ2v) is 6.91. The van der Waals surface area contributed by atoms with Gasteiger partial charge in [-0.3, -0.25) is 9.88 Å². The van der Waals surface area contributed by atoms with E-state index in [2.05, 4.69) is 28.2 Å². The summed E-state index contributed by atoms with van der Waals surface area (Å²) in [5, 5.41) is 3.12. The van der Waals surface area contributed by atoms with Crippen LogP contribution in [0.4, 0.5) is 4.79 Å². The van der Waals surface area contributed by atoms with E-state index >= 15 is 0 Å². The molecule has 2 heterocycles. The number of nitrogens with one attached hydrogen (secondary N) is 1. The van der Waals surface area contributed by atoms with Gasteiger partial charge in [-0.25, -0.2) is 4.79 Å². The Hall–Kier alpha value is -1.62. The minimum Gasteiger partial charge on any atom is -0.337 e. The Morgan fingerprint density at radius 2 is 2.05 bits per heavy atom. The molecule has 5 nitrogen and oxygen atoms in total. The van der Waals surface area contributed by atoms with Gasteiger partial charge in [0.2, 0.25) is 0 Å². The molecule has 3 rings (SSSR count). The molecule has 1 aliphatic carbocycles. The number of hydrogen-bond acceptors (Lipinski definition) is 3. The Morgan fingerprint density at radius 3 is 2.64 bits per heavy atom. The molecular formula is C17H26N4O. The Morgan fingerprint density at radius 1 is 1.27 bits per heavy atom. The molecule has 1 saturated heterocycles. The van der Waals surface area contributed by atoms with E-state index in [4.69, 9.17) is 0 Å². The Bertz CT molecular complexity index is 493. The number of carbonyl (C=O) groups excluding carboxylic acids is 1. The molecule has 1 N–H and O–H groups in total. The fraction of sp³-hybridized carbons (Fsp3) is 0.647. The van der Waals surface area contributed by atoms with Crippen molar-refractivity contribution in [1.82, 2.24) is 20.1 Å². The Kier molecular flexibility index (Phi) is 4.62. The van der Waals surface area contributed by atoms with Gasteiger partial charge in [-0.15, -0.1) is 0 Å². The molecule has 0 radical (unpaired) electrons. The molecule has 2 fully saturated rings. The van der Waals surface area contributed by atoms with Crippen LogP contribution in [0.1, 0.15) is 31.9 Å². The normalized spacial score (nSPS) is 21.2. The number of hydrogen-bond donors (Lipinski definition) is 1. The van der Waals surface area contributed by atoms with E-state index in [1.165, 1.54) is 19.3 Å². The summed E-state index contributed by atoms with van der Waals surface area (Å²) in [5.41, 5.74) is 1.44. The molecule has 0 unspecified atom stereocenters. The van der Waals surface area contributed by atoms with E-state index in [0.29, 0.717) is 5.41 Å². The fourth-order valence-corrected chi connectivity index (χ4v) is 3.19. The van der Waals surface area contributed by atoms with Crippen LogP contribution < -0.4 is 5.32 Å². The highest BCUT2D eigenvalue weighted by atomic mass is 16.2. The number of carbonyl (C=O) groups is 1. The third kappa shape index (κ3) is 3.77. The lowest BCUT2D eigenvalue weighted by atomic mass is 9.70. The summed E-state index contributed by atoms with van der Waals surface area (Å²) in [5.74, 6) is 0. The number of nitrogens with zero attached hydrogens (tertiary/aromatic N) is 3. The molecule has 0 bridgehead atoms. The van der Waals surface area contributed by atoms with E-state index in [9.17, 15) is 4.79 Å². The molecule has 0 spiro atoms. The third-order valence-electron chi connectivity index (χ3n) is 5.00. The van der Waals surface area contributed by atoms with Gasteiger partial charge in [0, 0.05) is 45.5 Å². The van der Waals surface area contributed by atoms with Crippen LogP contribution in [0.5, 0.6) is 0 Å². The van der Waals surface area contributed by atoms with Gasteiger partial charge < -0.3 is 10.2 Å². The number of piperazine rings is 1. The summed E-state index contributed by atoms with van der Waals surface area (Å²) in [6, 6.07) is 6.12. The molecule has 5 heteroatoms. The van der Waals surface area contributed by atoms with Crippen molar-refractivity contribution in [3.8, 4) is 0 Å². The van der Waals surface area contributed by atoms with Crippen LogP contribution in [-0.4, -0.2) is 53.5 Å². The first-order chi connectivity index (χ1) is 10.6. The summed E-state index contributed by atoms with van der Waals surface area (Å²) in [7, 11) is 0. The fourth-order valence-electron chi connectivity index (χ4n) is 3.19. The maximum Gasteiger partial charge on any atom is 0.317 e. The minimum absolute atomic E-state index is 0.102. The van der Waals surface area contributed by atoms with Crippen LogP contribution in [0.25, 0.3) is 0 Å². The Labute approximate surface area is 132 Å². The summed E-state index contributed by atoms with van der Waals surface area (Å²) >= 11 is 0. The number of rotatable bonds is 4. The van der Waals surface area contributed by atoms with Crippen LogP contribution in [0, 0.1) is 5.41 Å². The third-order valence-corrected chi connectivity index (χ3v) is 5.00. The van der Waals surface area contributed by atoms with Crippen LogP contribution in [0.2, 0.25) is 0 Å². The lowest BCUT2D eigenvalue weighted by molar-refractivity contribution is 0.121. The van der Waals surface area contributed by atoms with E-state index in [1.54, 1.807) is 0 Å². The van der Waals surface area contributed by atoms with Crippen molar-refractivity contribution in [1.29, 1.82) is 0 Å². The molecular weight excluding hydrogens is 276 g/mol. The smallest absolute Gasteiger partial charge is 0.317 e. The molecule has 1 aromatic heterocycles. The number of aromatic nitrogens is 1. The summed E-state index contributed by atoms with van der Waals surface area (Å²) in [6.07, 6.45) is 5.62. The van der Waals surface area contributed by atoms with Crippen molar-refractivity contribution < 1.29 is 4.79 Å². The van der Waals surface area contributed by atoms with Gasteiger partial charge >= 0.3 is 6.03 Å². The zero-order valence-corrected chi connectivity index (χ0v) is 13.4. The summed E-state index contributed by atoms with van der Waals surface area (Å²) < 4.78 is 0. The molecule has 2 amide bonds. The van der Waals surface area contributed by atoms with Crippen LogP contribution >= 0.6 is 0 Å². The standard InChI is InChI=1S/C17H26N4O/c1-17(6-4-7-17)14-19-16(22)21-11-9-20(10-12-21)13-15-5-2-3-8-18-15/h2-3,5,8H,4,6-7,9-14H2,1H3,(H,19,22). The highest BCUT2D eigenvalue weighted by Crippen LogP contribution is 2.39. The monoisotopic (exact) mass is 302 g/mol. The zero-order valence-electron chi connectivity index (χ0n) is 13.4. The van der Waals surface area contributed by atoms with Crippen LogP contribution in [-0.2, 0) is 6.54 Å². The molecule has 0 aromatic carbocycles. The highest BCUT2D eigenvalue weighted by molar-refractivity contribution is 5.74. The van der Waals surface area contributed by atoms with Gasteiger partial charge in [0.15, 0.2) is 0 Å². The van der Waals surface area contributed by atoms with E-state index in [-0.39, 0.29) is 6.03 Å². The average Bonchev–Trinajstić information content (AvgIpc) is 2.52. The highest BCUT2D eigenvalue weighted by Gasteiger charge is 2.32. The first-order valence-corrected chi connectivity index (χ1v) is 8.30. The van der Waals surface area contributed by atoms with Crippen LogP contribution in [0.15, 0.2) is 24.4 Å². The topological polar surface area (TPSA) is 48.5 Å². The van der Waals surface area contributed by atoms with Gasteiger partial charge in [-0.05, 0) is 30.4 Å². The summed E-state index contributed by atoms with van der Waals surface area (Å²) in [6.45, 7) is 7.39. The molecule has 0 atom stereocenters. The number of urea groups is 1. The van der Waals surface area contributed by atoms with Crippen molar-refractivity contribution in [2.24, 2.45) is 5.41 Å². The molecule has 1 saturated carbocycles. The van der Waals surface area contributed by atoms with Crippen molar-refractivity contribution in [2.45, 2.75) is 32.7 Å². The Balaban J connectivity index is 1.40. The zero-order chi connectivity index (χ0) is 15.4. The quantitative estimate of drug-likeness (QED) is 0.926. The SMILES string of the molecule is CC1(CNC(=O)N2CCN(Cc3ccccn3)CC2)CCC1. The molecule has 1 aromatic rings. The number of amides is 2. The van der Waals surface area contributed by atoms with Gasteiger partial charge in [-0.2, -0.15) is 0 Å².